The van der Waals surface area contributed by atoms with Gasteiger partial charge in [0.15, 0.2) is 0 Å². The average molecular weight is 631 g/mol. The number of rotatable bonds is 8. The number of carbonyl (C=O) groups excluding carboxylic acids is 1. The number of methoxy groups -OCH3 is 1. The van der Waals surface area contributed by atoms with Gasteiger partial charge in [0, 0.05) is 29.1 Å². The van der Waals surface area contributed by atoms with Crippen molar-refractivity contribution >= 4 is 44.5 Å². The first-order chi connectivity index (χ1) is 21.5. The molecule has 10 nitrogen and oxygen atoms in total. The van der Waals surface area contributed by atoms with Gasteiger partial charge in [-0.1, -0.05) is 32.3 Å². The Morgan fingerprint density at radius 1 is 1.11 bits per heavy atom. The van der Waals surface area contributed by atoms with E-state index in [4.69, 9.17) is 4.74 Å². The number of ether oxygens (including phenoxy) is 1. The van der Waals surface area contributed by atoms with Crippen molar-refractivity contribution in [2.75, 3.05) is 7.11 Å². The third-order valence-electron chi connectivity index (χ3n) is 9.36. The number of aromatic carboxylic acids is 1. The second kappa shape index (κ2) is 11.8. The van der Waals surface area contributed by atoms with E-state index < -0.39 is 27.1 Å². The molecule has 1 unspecified atom stereocenters. The minimum absolute atomic E-state index is 0.0935. The van der Waals surface area contributed by atoms with Gasteiger partial charge in [0.05, 0.1) is 36.5 Å². The van der Waals surface area contributed by atoms with Crippen LogP contribution in [0.25, 0.3) is 33.8 Å². The Kier molecular flexibility index (Phi) is 8.07. The lowest BCUT2D eigenvalue weighted by Gasteiger charge is -2.24. The van der Waals surface area contributed by atoms with Crippen LogP contribution < -0.4 is 9.46 Å². The van der Waals surface area contributed by atoms with E-state index in [2.05, 4.69) is 14.4 Å². The highest BCUT2D eigenvalue weighted by Gasteiger charge is 2.32. The lowest BCUT2D eigenvalue weighted by Crippen LogP contribution is -2.36. The van der Waals surface area contributed by atoms with Crippen LogP contribution in [0.2, 0.25) is 0 Å². The molecule has 1 saturated carbocycles. The number of nitrogens with one attached hydrogen (secondary N) is 1. The summed E-state index contributed by atoms with van der Waals surface area (Å²) in [5.74, 6) is -0.777. The number of nitrogens with zero attached hydrogens (tertiary/aromatic N) is 3. The fraction of sp³-hybridized carbons (Fsp3) is 0.382. The number of benzene rings is 2. The van der Waals surface area contributed by atoms with Crippen molar-refractivity contribution in [1.82, 2.24) is 19.1 Å². The maximum absolute atomic E-state index is 13.4. The number of carboxylic acids is 1. The van der Waals surface area contributed by atoms with Crippen molar-refractivity contribution in [3.8, 4) is 17.0 Å². The maximum atomic E-state index is 13.4. The molecule has 4 aromatic rings. The molecule has 1 atom stereocenters. The van der Waals surface area contributed by atoms with E-state index >= 15 is 0 Å². The number of hydrogen-bond donors (Lipinski definition) is 2. The van der Waals surface area contributed by atoms with Gasteiger partial charge in [0.1, 0.15) is 11.3 Å². The quantitative estimate of drug-likeness (QED) is 0.237. The summed E-state index contributed by atoms with van der Waals surface area (Å²) in [6.45, 7) is 3.65. The Morgan fingerprint density at radius 3 is 2.56 bits per heavy atom. The number of hydrogen-bond acceptors (Lipinski definition) is 6. The van der Waals surface area contributed by atoms with Crippen LogP contribution >= 0.6 is 0 Å². The molecule has 0 spiro atoms. The molecule has 2 N–H and O–H groups in total. The molecule has 11 heteroatoms. The predicted octanol–water partition coefficient (Wildman–Crippen LogP) is 6.21. The molecule has 2 aromatic heterocycles. The van der Waals surface area contributed by atoms with Gasteiger partial charge < -0.3 is 14.4 Å². The molecule has 6 rings (SSSR count). The molecule has 1 fully saturated rings. The van der Waals surface area contributed by atoms with Gasteiger partial charge in [-0.3, -0.25) is 9.48 Å². The molecule has 2 aliphatic rings. The van der Waals surface area contributed by atoms with Crippen LogP contribution in [0.5, 0.6) is 5.75 Å². The topological polar surface area (TPSA) is 133 Å². The summed E-state index contributed by atoms with van der Waals surface area (Å²) in [6, 6.07) is 11.3. The van der Waals surface area contributed by atoms with Crippen molar-refractivity contribution < 1.29 is 27.9 Å². The fourth-order valence-corrected chi connectivity index (χ4v) is 7.83. The van der Waals surface area contributed by atoms with E-state index in [-0.39, 0.29) is 11.1 Å². The van der Waals surface area contributed by atoms with Crippen molar-refractivity contribution in [3.05, 3.63) is 70.5 Å². The largest absolute Gasteiger partial charge is 0.497 e. The van der Waals surface area contributed by atoms with E-state index in [1.165, 1.54) is 18.2 Å². The van der Waals surface area contributed by atoms with E-state index in [0.29, 0.717) is 30.3 Å². The van der Waals surface area contributed by atoms with Gasteiger partial charge in [-0.05, 0) is 85.2 Å². The molecule has 0 bridgehead atoms. The second-order valence-electron chi connectivity index (χ2n) is 12.1. The highest BCUT2D eigenvalue weighted by molar-refractivity contribution is 7.90. The smallest absolute Gasteiger partial charge is 0.339 e. The van der Waals surface area contributed by atoms with E-state index in [0.717, 1.165) is 59.0 Å². The van der Waals surface area contributed by atoms with Crippen LogP contribution in [0.15, 0.2) is 42.6 Å². The molecule has 236 valence electrons. The normalized spacial score (nSPS) is 16.0. The highest BCUT2D eigenvalue weighted by atomic mass is 32.2. The molecular formula is C34H38N4O6S. The van der Waals surface area contributed by atoms with Gasteiger partial charge in [-0.25, -0.2) is 17.9 Å². The van der Waals surface area contributed by atoms with E-state index in [1.54, 1.807) is 44.8 Å². The Balaban J connectivity index is 1.62. The lowest BCUT2D eigenvalue weighted by molar-refractivity contribution is 0.0696. The van der Waals surface area contributed by atoms with Crippen molar-refractivity contribution in [2.24, 2.45) is 7.05 Å². The molecule has 1 amide bonds. The molecule has 0 saturated heterocycles. The third-order valence-corrected chi connectivity index (χ3v) is 11.2. The molecule has 3 heterocycles. The van der Waals surface area contributed by atoms with Crippen LogP contribution in [0, 0.1) is 0 Å². The number of allylic oxidation sites excluding steroid dienone is 1. The second-order valence-corrected chi connectivity index (χ2v) is 14.2. The number of carbonyl (C=O) groups is 2. The molecule has 2 aromatic carbocycles. The number of aromatic nitrogens is 3. The first-order valence-corrected chi connectivity index (χ1v) is 16.9. The Morgan fingerprint density at radius 2 is 1.87 bits per heavy atom. The SMILES string of the molecule is CCC(C)S(=O)(=O)NC(=O)c1ccc2c(C3CCCCC3)c3n(c2c1)CC(c1c(C(=O)O)cnn1C)=Cc1cc(OC)ccc1-3. The summed E-state index contributed by atoms with van der Waals surface area (Å²) in [6.07, 6.45) is 9.26. The van der Waals surface area contributed by atoms with Gasteiger partial charge in [-0.15, -0.1) is 0 Å². The molecule has 0 radical (unpaired) electrons. The van der Waals surface area contributed by atoms with Crippen molar-refractivity contribution in [3.63, 3.8) is 0 Å². The summed E-state index contributed by atoms with van der Waals surface area (Å²) in [7, 11) is -0.501. The molecule has 1 aliphatic heterocycles. The monoisotopic (exact) mass is 630 g/mol. The van der Waals surface area contributed by atoms with Crippen molar-refractivity contribution in [1.29, 1.82) is 0 Å². The molecule has 1 aliphatic carbocycles. The van der Waals surface area contributed by atoms with Gasteiger partial charge in [-0.2, -0.15) is 5.10 Å². The Labute approximate surface area is 262 Å². The minimum Gasteiger partial charge on any atom is -0.497 e. The van der Waals surface area contributed by atoms with Gasteiger partial charge >= 0.3 is 5.97 Å². The first-order valence-electron chi connectivity index (χ1n) is 15.4. The van der Waals surface area contributed by atoms with Crippen LogP contribution in [-0.2, 0) is 23.6 Å². The summed E-state index contributed by atoms with van der Waals surface area (Å²) in [5.41, 5.74) is 6.42. The zero-order valence-corrected chi connectivity index (χ0v) is 26.8. The zero-order chi connectivity index (χ0) is 32.0. The van der Waals surface area contributed by atoms with E-state index in [9.17, 15) is 23.1 Å². The number of carboxylic acid groups (broad SMARTS) is 1. The first kappa shape index (κ1) is 30.6. The zero-order valence-electron chi connectivity index (χ0n) is 26.0. The summed E-state index contributed by atoms with van der Waals surface area (Å²) in [4.78, 5) is 25.6. The lowest BCUT2D eigenvalue weighted by atomic mass is 9.81. The van der Waals surface area contributed by atoms with Crippen LogP contribution in [0.1, 0.15) is 95.8 Å². The minimum atomic E-state index is -3.84. The van der Waals surface area contributed by atoms with Crippen LogP contribution in [-0.4, -0.2) is 52.1 Å². The Bertz CT molecular complexity index is 1960. The summed E-state index contributed by atoms with van der Waals surface area (Å²) < 4.78 is 37.1. The maximum Gasteiger partial charge on any atom is 0.339 e. The number of aryl methyl sites for hydroxylation is 1. The van der Waals surface area contributed by atoms with Crippen LogP contribution in [0.3, 0.4) is 0 Å². The van der Waals surface area contributed by atoms with Crippen LogP contribution in [0.4, 0.5) is 0 Å². The van der Waals surface area contributed by atoms with Gasteiger partial charge in [0.25, 0.3) is 5.91 Å². The highest BCUT2D eigenvalue weighted by Crippen LogP contribution is 2.48. The number of amides is 1. The number of sulfonamides is 1. The average Bonchev–Trinajstić information content (AvgIpc) is 3.52. The number of fused-ring (bicyclic) bond motifs is 5. The standard InChI is InChI=1S/C34H38N4O6S/c1-5-20(2)45(42,43)36-33(39)22-11-13-27-29(17-22)38-19-24(31-28(34(40)41)18-35-37(31)3)15-23-16-25(44-4)12-14-26(23)32(38)30(27)21-9-7-6-8-10-21/h11-18,20-21H,5-10,19H2,1-4H3,(H,36,39)(H,40,41). The molecule has 45 heavy (non-hydrogen) atoms. The summed E-state index contributed by atoms with van der Waals surface area (Å²) >= 11 is 0. The summed E-state index contributed by atoms with van der Waals surface area (Å²) in [5, 5.41) is 14.6. The van der Waals surface area contributed by atoms with Gasteiger partial charge in [0.2, 0.25) is 10.0 Å². The van der Waals surface area contributed by atoms with Crippen molar-refractivity contribution in [2.45, 2.75) is 70.1 Å². The Hall–Kier alpha value is -4.38. The predicted molar refractivity (Wildman–Crippen MR) is 174 cm³/mol. The third kappa shape index (κ3) is 5.43. The molecular weight excluding hydrogens is 592 g/mol. The fourth-order valence-electron chi connectivity index (χ4n) is 6.81. The van der Waals surface area contributed by atoms with E-state index in [1.807, 2.05) is 30.3 Å².